The molecule has 0 bridgehead atoms. The smallest absolute Gasteiger partial charge is 0.341 e. The fourth-order valence-electron chi connectivity index (χ4n) is 2.21. The van der Waals surface area contributed by atoms with E-state index in [4.69, 9.17) is 9.47 Å². The molecule has 0 fully saturated rings. The SMILES string of the molecule is COC(=O)c1c(NC(=O)COC(=O)c2cccc(C)c2)sc(C)c1C. The Morgan fingerprint density at radius 1 is 1.12 bits per heavy atom. The Labute approximate surface area is 149 Å². The first-order valence-corrected chi connectivity index (χ1v) is 8.37. The zero-order valence-electron chi connectivity index (χ0n) is 14.5. The minimum Gasteiger partial charge on any atom is -0.465 e. The average molecular weight is 361 g/mol. The molecule has 1 aromatic carbocycles. The lowest BCUT2D eigenvalue weighted by Gasteiger charge is -2.07. The van der Waals surface area contributed by atoms with Crippen LogP contribution in [0.25, 0.3) is 0 Å². The Hall–Kier alpha value is -2.67. The van der Waals surface area contributed by atoms with Crippen molar-refractivity contribution in [3.8, 4) is 0 Å². The van der Waals surface area contributed by atoms with E-state index in [2.05, 4.69) is 5.32 Å². The summed E-state index contributed by atoms with van der Waals surface area (Å²) in [5, 5.41) is 2.99. The summed E-state index contributed by atoms with van der Waals surface area (Å²) in [6.45, 7) is 5.05. The van der Waals surface area contributed by atoms with Crippen LogP contribution in [0.1, 0.15) is 36.7 Å². The zero-order chi connectivity index (χ0) is 18.6. The summed E-state index contributed by atoms with van der Waals surface area (Å²) in [5.74, 6) is -1.62. The third-order valence-electron chi connectivity index (χ3n) is 3.62. The molecule has 1 heterocycles. The third kappa shape index (κ3) is 4.45. The van der Waals surface area contributed by atoms with E-state index in [0.717, 1.165) is 16.0 Å². The Balaban J connectivity index is 2.02. The van der Waals surface area contributed by atoms with Crippen molar-refractivity contribution in [2.45, 2.75) is 20.8 Å². The van der Waals surface area contributed by atoms with Gasteiger partial charge in [-0.05, 0) is 38.5 Å². The van der Waals surface area contributed by atoms with Crippen molar-refractivity contribution in [1.82, 2.24) is 0 Å². The van der Waals surface area contributed by atoms with E-state index in [1.54, 1.807) is 25.1 Å². The molecular weight excluding hydrogens is 342 g/mol. The minimum absolute atomic E-state index is 0.323. The number of amides is 1. The van der Waals surface area contributed by atoms with Crippen LogP contribution in [0.3, 0.4) is 0 Å². The number of hydrogen-bond donors (Lipinski definition) is 1. The summed E-state index contributed by atoms with van der Waals surface area (Å²) in [5.41, 5.74) is 2.38. The van der Waals surface area contributed by atoms with Gasteiger partial charge in [0.2, 0.25) is 0 Å². The number of nitrogens with one attached hydrogen (secondary N) is 1. The normalized spacial score (nSPS) is 10.2. The number of methoxy groups -OCH3 is 1. The summed E-state index contributed by atoms with van der Waals surface area (Å²) in [4.78, 5) is 36.8. The van der Waals surface area contributed by atoms with Crippen molar-refractivity contribution in [2.24, 2.45) is 0 Å². The van der Waals surface area contributed by atoms with Gasteiger partial charge in [-0.1, -0.05) is 17.7 Å². The number of thiophene rings is 1. The van der Waals surface area contributed by atoms with Crippen molar-refractivity contribution in [2.75, 3.05) is 19.0 Å². The first kappa shape index (κ1) is 18.7. The van der Waals surface area contributed by atoms with Gasteiger partial charge in [0.1, 0.15) is 5.00 Å². The van der Waals surface area contributed by atoms with Crippen LogP contribution in [-0.4, -0.2) is 31.6 Å². The molecule has 0 aliphatic carbocycles. The molecule has 25 heavy (non-hydrogen) atoms. The number of hydrogen-bond acceptors (Lipinski definition) is 6. The third-order valence-corrected chi connectivity index (χ3v) is 4.74. The molecule has 0 aliphatic heterocycles. The molecule has 1 N–H and O–H groups in total. The summed E-state index contributed by atoms with van der Waals surface area (Å²) in [6, 6.07) is 6.90. The van der Waals surface area contributed by atoms with Crippen LogP contribution in [0.4, 0.5) is 5.00 Å². The number of carbonyl (C=O) groups is 3. The molecular formula is C18H19NO5S. The van der Waals surface area contributed by atoms with Crippen molar-refractivity contribution in [1.29, 1.82) is 0 Å². The molecule has 0 spiro atoms. The Morgan fingerprint density at radius 2 is 1.84 bits per heavy atom. The molecule has 6 nitrogen and oxygen atoms in total. The number of esters is 2. The minimum atomic E-state index is -0.578. The van der Waals surface area contributed by atoms with Gasteiger partial charge < -0.3 is 14.8 Å². The predicted molar refractivity (Wildman–Crippen MR) is 95.2 cm³/mol. The van der Waals surface area contributed by atoms with Crippen molar-refractivity contribution < 1.29 is 23.9 Å². The molecule has 0 saturated heterocycles. The summed E-state index contributed by atoms with van der Waals surface area (Å²) in [7, 11) is 1.28. The van der Waals surface area contributed by atoms with E-state index in [1.807, 2.05) is 19.9 Å². The summed E-state index contributed by atoms with van der Waals surface area (Å²) < 4.78 is 9.77. The Bertz CT molecular complexity index is 825. The number of carbonyl (C=O) groups excluding carboxylic acids is 3. The fraction of sp³-hybridized carbons (Fsp3) is 0.278. The molecule has 0 radical (unpaired) electrons. The van der Waals surface area contributed by atoms with Crippen LogP contribution in [-0.2, 0) is 14.3 Å². The van der Waals surface area contributed by atoms with Crippen LogP contribution >= 0.6 is 11.3 Å². The second kappa shape index (κ2) is 7.94. The van der Waals surface area contributed by atoms with Crippen LogP contribution in [0, 0.1) is 20.8 Å². The lowest BCUT2D eigenvalue weighted by atomic mass is 10.1. The van der Waals surface area contributed by atoms with Crippen LogP contribution in [0.2, 0.25) is 0 Å². The van der Waals surface area contributed by atoms with E-state index in [1.165, 1.54) is 18.4 Å². The van der Waals surface area contributed by atoms with Gasteiger partial charge in [0.15, 0.2) is 6.61 Å². The zero-order valence-corrected chi connectivity index (χ0v) is 15.3. The van der Waals surface area contributed by atoms with Gasteiger partial charge in [-0.2, -0.15) is 0 Å². The second-order valence-electron chi connectivity index (χ2n) is 5.47. The maximum atomic E-state index is 12.1. The molecule has 7 heteroatoms. The Kier molecular flexibility index (Phi) is 5.93. The van der Waals surface area contributed by atoms with Crippen molar-refractivity contribution in [3.05, 3.63) is 51.4 Å². The maximum absolute atomic E-state index is 12.1. The predicted octanol–water partition coefficient (Wildman–Crippen LogP) is 3.26. The van der Waals surface area contributed by atoms with Gasteiger partial charge in [0.25, 0.3) is 5.91 Å². The highest BCUT2D eigenvalue weighted by atomic mass is 32.1. The van der Waals surface area contributed by atoms with Gasteiger partial charge in [0.05, 0.1) is 18.2 Å². The fourth-order valence-corrected chi connectivity index (χ4v) is 3.28. The van der Waals surface area contributed by atoms with Crippen LogP contribution < -0.4 is 5.32 Å². The van der Waals surface area contributed by atoms with E-state index in [9.17, 15) is 14.4 Å². The standard InChI is InChI=1S/C18H19NO5S/c1-10-6-5-7-13(8-10)17(21)24-9-14(20)19-16-15(18(22)23-4)11(2)12(3)25-16/h5-8H,9H2,1-4H3,(H,19,20). The summed E-state index contributed by atoms with van der Waals surface area (Å²) >= 11 is 1.27. The first-order valence-electron chi connectivity index (χ1n) is 7.55. The molecule has 0 unspecified atom stereocenters. The van der Waals surface area contributed by atoms with Crippen molar-refractivity contribution >= 4 is 34.2 Å². The van der Waals surface area contributed by atoms with Crippen molar-refractivity contribution in [3.63, 3.8) is 0 Å². The van der Waals surface area contributed by atoms with Gasteiger partial charge in [-0.15, -0.1) is 11.3 Å². The second-order valence-corrected chi connectivity index (χ2v) is 6.70. The van der Waals surface area contributed by atoms with E-state index < -0.39 is 24.5 Å². The first-order chi connectivity index (χ1) is 11.8. The Morgan fingerprint density at radius 3 is 2.48 bits per heavy atom. The largest absolute Gasteiger partial charge is 0.465 e. The molecule has 0 atom stereocenters. The highest BCUT2D eigenvalue weighted by Crippen LogP contribution is 2.32. The molecule has 1 aromatic heterocycles. The summed E-state index contributed by atoms with van der Waals surface area (Å²) in [6.07, 6.45) is 0. The van der Waals surface area contributed by atoms with Gasteiger partial charge in [0, 0.05) is 4.88 Å². The lowest BCUT2D eigenvalue weighted by Crippen LogP contribution is -2.21. The molecule has 2 aromatic rings. The quantitative estimate of drug-likeness (QED) is 0.827. The van der Waals surface area contributed by atoms with E-state index >= 15 is 0 Å². The number of anilines is 1. The molecule has 0 aliphatic rings. The van der Waals surface area contributed by atoms with Crippen LogP contribution in [0.5, 0.6) is 0 Å². The number of aryl methyl sites for hydroxylation is 2. The monoisotopic (exact) mass is 361 g/mol. The van der Waals surface area contributed by atoms with Gasteiger partial charge in [-0.3, -0.25) is 4.79 Å². The highest BCUT2D eigenvalue weighted by molar-refractivity contribution is 7.16. The van der Waals surface area contributed by atoms with Gasteiger partial charge >= 0.3 is 11.9 Å². The molecule has 0 saturated carbocycles. The number of ether oxygens (including phenoxy) is 2. The topological polar surface area (TPSA) is 81.7 Å². The molecule has 132 valence electrons. The average Bonchev–Trinajstić information content (AvgIpc) is 2.86. The number of rotatable bonds is 5. The van der Waals surface area contributed by atoms with Crippen LogP contribution in [0.15, 0.2) is 24.3 Å². The maximum Gasteiger partial charge on any atom is 0.341 e. The lowest BCUT2D eigenvalue weighted by molar-refractivity contribution is -0.119. The highest BCUT2D eigenvalue weighted by Gasteiger charge is 2.22. The molecule has 1 amide bonds. The number of benzene rings is 1. The van der Waals surface area contributed by atoms with E-state index in [-0.39, 0.29) is 0 Å². The van der Waals surface area contributed by atoms with E-state index in [0.29, 0.717) is 16.1 Å². The van der Waals surface area contributed by atoms with Gasteiger partial charge in [-0.25, -0.2) is 9.59 Å². The molecule has 2 rings (SSSR count).